The molecule has 9 heteroatoms. The molecule has 2 heterocycles. The Morgan fingerprint density at radius 2 is 1.81 bits per heavy atom. The Labute approximate surface area is 193 Å². The van der Waals surface area contributed by atoms with Gasteiger partial charge in [0.1, 0.15) is 0 Å². The molecule has 0 bridgehead atoms. The van der Waals surface area contributed by atoms with Crippen LogP contribution in [0.5, 0.6) is 0 Å². The summed E-state index contributed by atoms with van der Waals surface area (Å²) < 4.78 is 25.6. The minimum absolute atomic E-state index is 0.0516. The Hall–Kier alpha value is -2.52. The van der Waals surface area contributed by atoms with Crippen molar-refractivity contribution < 1.29 is 18.0 Å². The number of hydrogen-bond acceptors (Lipinski definition) is 6. The topological polar surface area (TPSA) is 86.8 Å². The van der Waals surface area contributed by atoms with Gasteiger partial charge in [-0.05, 0) is 49.2 Å². The zero-order chi connectivity index (χ0) is 22.9. The van der Waals surface area contributed by atoms with Crippen LogP contribution >= 0.6 is 11.8 Å². The van der Waals surface area contributed by atoms with Gasteiger partial charge in [0.15, 0.2) is 9.84 Å². The van der Waals surface area contributed by atoms with Crippen molar-refractivity contribution in [2.75, 3.05) is 47.9 Å². The number of rotatable bonds is 5. The lowest BCUT2D eigenvalue weighted by molar-refractivity contribution is -0.131. The van der Waals surface area contributed by atoms with Crippen molar-refractivity contribution in [1.82, 2.24) is 4.90 Å². The van der Waals surface area contributed by atoms with E-state index in [4.69, 9.17) is 0 Å². The first-order chi connectivity index (χ1) is 15.2. The normalized spacial score (nSPS) is 16.5. The number of carbonyl (C=O) groups is 2. The smallest absolute Gasteiger partial charge is 0.234 e. The number of piperazine rings is 1. The summed E-state index contributed by atoms with van der Waals surface area (Å²) in [5.74, 6) is -0.212. The molecule has 1 fully saturated rings. The lowest BCUT2D eigenvalue weighted by Gasteiger charge is -2.37. The summed E-state index contributed by atoms with van der Waals surface area (Å²) in [5, 5.41) is 2.71. The molecule has 32 heavy (non-hydrogen) atoms. The number of anilines is 2. The zero-order valence-corrected chi connectivity index (χ0v) is 19.9. The summed E-state index contributed by atoms with van der Waals surface area (Å²) in [4.78, 5) is 29.3. The molecule has 0 aliphatic carbocycles. The van der Waals surface area contributed by atoms with E-state index in [-0.39, 0.29) is 28.9 Å². The Morgan fingerprint density at radius 1 is 1.06 bits per heavy atom. The van der Waals surface area contributed by atoms with Crippen molar-refractivity contribution in [3.63, 3.8) is 0 Å². The van der Waals surface area contributed by atoms with E-state index in [0.29, 0.717) is 24.5 Å². The van der Waals surface area contributed by atoms with E-state index in [1.54, 1.807) is 17.0 Å². The van der Waals surface area contributed by atoms with Crippen LogP contribution in [-0.2, 0) is 19.4 Å². The molecule has 0 aromatic heterocycles. The molecule has 2 aromatic carbocycles. The van der Waals surface area contributed by atoms with Crippen LogP contribution in [0.2, 0.25) is 0 Å². The molecule has 1 N–H and O–H groups in total. The predicted octanol–water partition coefficient (Wildman–Crippen LogP) is 2.86. The molecule has 2 aliphatic heterocycles. The first-order valence-corrected chi connectivity index (χ1v) is 13.3. The number of nitrogens with zero attached hydrogens (tertiary/aromatic N) is 2. The average molecular weight is 474 g/mol. The molecular weight excluding hydrogens is 446 g/mol. The third kappa shape index (κ3) is 4.94. The van der Waals surface area contributed by atoms with Gasteiger partial charge >= 0.3 is 0 Å². The molecule has 1 saturated heterocycles. The van der Waals surface area contributed by atoms with Crippen LogP contribution in [0.15, 0.2) is 46.2 Å². The van der Waals surface area contributed by atoms with E-state index in [1.165, 1.54) is 34.6 Å². The average Bonchev–Trinajstić information content (AvgIpc) is 2.78. The second kappa shape index (κ2) is 9.15. The summed E-state index contributed by atoms with van der Waals surface area (Å²) in [6.45, 7) is 6.76. The summed E-state index contributed by atoms with van der Waals surface area (Å²) in [5.41, 5.74) is 4.12. The number of aryl methyl sites for hydroxylation is 2. The highest BCUT2D eigenvalue weighted by molar-refractivity contribution is 8.00. The number of sulfone groups is 1. The minimum atomic E-state index is -3.63. The van der Waals surface area contributed by atoms with Gasteiger partial charge in [0.25, 0.3) is 0 Å². The highest BCUT2D eigenvalue weighted by atomic mass is 32.2. The molecule has 7 nitrogen and oxygen atoms in total. The first-order valence-electron chi connectivity index (χ1n) is 10.6. The van der Waals surface area contributed by atoms with Gasteiger partial charge < -0.3 is 15.1 Å². The molecule has 170 valence electrons. The van der Waals surface area contributed by atoms with Gasteiger partial charge in [0.2, 0.25) is 11.8 Å². The molecule has 2 aliphatic rings. The fourth-order valence-electron chi connectivity index (χ4n) is 4.01. The molecule has 0 atom stereocenters. The maximum Gasteiger partial charge on any atom is 0.234 e. The number of amides is 2. The molecule has 4 rings (SSSR count). The third-order valence-electron chi connectivity index (χ3n) is 5.87. The fourth-order valence-corrected chi connectivity index (χ4v) is 6.05. The summed E-state index contributed by atoms with van der Waals surface area (Å²) >= 11 is 1.38. The van der Waals surface area contributed by atoms with Crippen molar-refractivity contribution in [2.24, 2.45) is 0 Å². The fraction of sp³-hybridized carbons (Fsp3) is 0.391. The molecular formula is C23H27N3O4S2. The highest BCUT2D eigenvalue weighted by Gasteiger charge is 2.25. The number of carbonyl (C=O) groups excluding carboxylic acids is 2. The maximum absolute atomic E-state index is 12.8. The van der Waals surface area contributed by atoms with Gasteiger partial charge in [-0.1, -0.05) is 12.1 Å². The van der Waals surface area contributed by atoms with Crippen LogP contribution in [0.25, 0.3) is 0 Å². The van der Waals surface area contributed by atoms with Crippen LogP contribution < -0.4 is 10.2 Å². The Balaban J connectivity index is 1.34. The van der Waals surface area contributed by atoms with Crippen molar-refractivity contribution >= 4 is 44.8 Å². The molecule has 2 aromatic rings. The standard InChI is InChI=1S/C23H27N3O4S2/c1-16-3-4-17(2)20(13-16)25-8-10-26(11-9-25)23(28)7-12-32(29,30)18-5-6-21-19(14-18)24-22(27)15-31-21/h3-6,13-14H,7-12,15H2,1-2H3,(H,24,27). The summed E-state index contributed by atoms with van der Waals surface area (Å²) in [7, 11) is -3.63. The van der Waals surface area contributed by atoms with Crippen LogP contribution in [-0.4, -0.2) is 62.8 Å². The Bertz CT molecular complexity index is 1160. The van der Waals surface area contributed by atoms with E-state index in [2.05, 4.69) is 42.3 Å². The van der Waals surface area contributed by atoms with Gasteiger partial charge in [-0.25, -0.2) is 8.42 Å². The van der Waals surface area contributed by atoms with Crippen molar-refractivity contribution in [2.45, 2.75) is 30.1 Å². The summed E-state index contributed by atoms with van der Waals surface area (Å²) in [6, 6.07) is 11.1. The Morgan fingerprint density at radius 3 is 2.56 bits per heavy atom. The zero-order valence-electron chi connectivity index (χ0n) is 18.3. The highest BCUT2D eigenvalue weighted by Crippen LogP contribution is 2.33. The lowest BCUT2D eigenvalue weighted by Crippen LogP contribution is -2.49. The van der Waals surface area contributed by atoms with Gasteiger partial charge in [-0.15, -0.1) is 11.8 Å². The summed E-state index contributed by atoms with van der Waals surface area (Å²) in [6.07, 6.45) is -0.0516. The SMILES string of the molecule is Cc1ccc(C)c(N2CCN(C(=O)CCS(=O)(=O)c3ccc4c(c3)NC(=O)CS4)CC2)c1. The number of nitrogens with one attached hydrogen (secondary N) is 1. The van der Waals surface area contributed by atoms with E-state index in [9.17, 15) is 18.0 Å². The molecule has 0 unspecified atom stereocenters. The number of benzene rings is 2. The monoisotopic (exact) mass is 473 g/mol. The van der Waals surface area contributed by atoms with Crippen LogP contribution in [0.1, 0.15) is 17.5 Å². The van der Waals surface area contributed by atoms with Gasteiger partial charge in [0.05, 0.1) is 22.1 Å². The maximum atomic E-state index is 12.8. The first kappa shape index (κ1) is 22.7. The predicted molar refractivity (Wildman–Crippen MR) is 127 cm³/mol. The minimum Gasteiger partial charge on any atom is -0.368 e. The number of hydrogen-bond donors (Lipinski definition) is 1. The van der Waals surface area contributed by atoms with Crippen LogP contribution in [0.4, 0.5) is 11.4 Å². The van der Waals surface area contributed by atoms with Crippen LogP contribution in [0, 0.1) is 13.8 Å². The molecule has 2 amide bonds. The largest absolute Gasteiger partial charge is 0.368 e. The van der Waals surface area contributed by atoms with Crippen molar-refractivity contribution in [3.05, 3.63) is 47.5 Å². The van der Waals surface area contributed by atoms with E-state index in [1.807, 2.05) is 0 Å². The van der Waals surface area contributed by atoms with Crippen molar-refractivity contribution in [1.29, 1.82) is 0 Å². The van der Waals surface area contributed by atoms with E-state index < -0.39 is 9.84 Å². The molecule has 0 saturated carbocycles. The van der Waals surface area contributed by atoms with Gasteiger partial charge in [-0.2, -0.15) is 0 Å². The second-order valence-corrected chi connectivity index (χ2v) is 11.3. The number of thioether (sulfide) groups is 1. The third-order valence-corrected chi connectivity index (χ3v) is 8.65. The van der Waals surface area contributed by atoms with Crippen molar-refractivity contribution in [3.8, 4) is 0 Å². The molecule has 0 spiro atoms. The van der Waals surface area contributed by atoms with E-state index in [0.717, 1.165) is 18.0 Å². The Kier molecular flexibility index (Phi) is 6.48. The van der Waals surface area contributed by atoms with Gasteiger partial charge in [-0.3, -0.25) is 9.59 Å². The van der Waals surface area contributed by atoms with E-state index >= 15 is 0 Å². The quantitative estimate of drug-likeness (QED) is 0.719. The van der Waals surface area contributed by atoms with Gasteiger partial charge in [0, 0.05) is 43.2 Å². The lowest BCUT2D eigenvalue weighted by atomic mass is 10.1. The second-order valence-electron chi connectivity index (χ2n) is 8.22. The molecule has 0 radical (unpaired) electrons. The number of fused-ring (bicyclic) bond motifs is 1. The van der Waals surface area contributed by atoms with Crippen LogP contribution in [0.3, 0.4) is 0 Å².